The number of rotatable bonds is 13. The first-order chi connectivity index (χ1) is 17.1. The minimum absolute atomic E-state index is 0.0720. The summed E-state index contributed by atoms with van der Waals surface area (Å²) in [6, 6.07) is 0. The van der Waals surface area contributed by atoms with E-state index >= 15 is 0 Å². The molecule has 0 radical (unpaired) electrons. The van der Waals surface area contributed by atoms with Crippen LogP contribution in [0.3, 0.4) is 0 Å². The van der Waals surface area contributed by atoms with E-state index < -0.39 is 0 Å². The third-order valence-electron chi connectivity index (χ3n) is 6.44. The van der Waals surface area contributed by atoms with Gasteiger partial charge in [0.25, 0.3) is 0 Å². The summed E-state index contributed by atoms with van der Waals surface area (Å²) in [5, 5.41) is 0. The zero-order valence-corrected chi connectivity index (χ0v) is 24.4. The van der Waals surface area contributed by atoms with Crippen molar-refractivity contribution in [3.05, 3.63) is 70.4 Å². The fraction of sp³-hybridized carbons (Fsp3) is 0.576. The van der Waals surface area contributed by atoms with Crippen LogP contribution in [-0.2, 0) is 14.2 Å². The maximum Gasteiger partial charge on any atom is 0.160 e. The lowest BCUT2D eigenvalue weighted by Gasteiger charge is -2.32. The third-order valence-corrected chi connectivity index (χ3v) is 6.44. The predicted molar refractivity (Wildman–Crippen MR) is 155 cm³/mol. The van der Waals surface area contributed by atoms with Gasteiger partial charge in [-0.25, -0.2) is 0 Å². The minimum Gasteiger partial charge on any atom is -0.374 e. The van der Waals surface area contributed by atoms with Crippen molar-refractivity contribution in [1.82, 2.24) is 0 Å². The van der Waals surface area contributed by atoms with E-state index in [9.17, 15) is 0 Å². The fourth-order valence-electron chi connectivity index (χ4n) is 4.40. The predicted octanol–water partition coefficient (Wildman–Crippen LogP) is 8.66. The molecule has 0 fully saturated rings. The first-order valence-corrected chi connectivity index (χ1v) is 13.6. The van der Waals surface area contributed by atoms with Crippen LogP contribution in [0.25, 0.3) is 0 Å². The highest BCUT2D eigenvalue weighted by Crippen LogP contribution is 2.40. The summed E-state index contributed by atoms with van der Waals surface area (Å²) in [5.74, 6) is 6.28. The Morgan fingerprint density at radius 3 is 2.17 bits per heavy atom. The maximum absolute atomic E-state index is 5.92. The van der Waals surface area contributed by atoms with Crippen LogP contribution in [0.2, 0.25) is 0 Å². The standard InChI is InChI=1S/C33H50O3/c1-10-34-31(25-32(35-11-2)36-12-3)29(7)20-14-13-17-26(4)18-15-19-27(5)22-23-30-28(6)21-16-24-33(30,8)9/h15,17-20,22-23,31-32H,10-12,16,21,24-25H2,1-9H3/b18-15+,23-22+,26-17+,27-19+,29-20+. The van der Waals surface area contributed by atoms with Crippen LogP contribution in [0.4, 0.5) is 0 Å². The van der Waals surface area contributed by atoms with E-state index in [0.29, 0.717) is 26.2 Å². The van der Waals surface area contributed by atoms with Crippen LogP contribution in [-0.4, -0.2) is 32.2 Å². The molecule has 0 bridgehead atoms. The Bertz CT molecular complexity index is 906. The van der Waals surface area contributed by atoms with Crippen LogP contribution in [0.15, 0.2) is 70.4 Å². The van der Waals surface area contributed by atoms with Crippen molar-refractivity contribution < 1.29 is 14.2 Å². The summed E-state index contributed by atoms with van der Waals surface area (Å²) < 4.78 is 17.3. The molecule has 0 aromatic carbocycles. The molecule has 0 saturated heterocycles. The summed E-state index contributed by atoms with van der Waals surface area (Å²) in [4.78, 5) is 0. The summed E-state index contributed by atoms with van der Waals surface area (Å²) in [6.45, 7) is 21.1. The van der Waals surface area contributed by atoms with Gasteiger partial charge in [-0.2, -0.15) is 0 Å². The van der Waals surface area contributed by atoms with Crippen LogP contribution in [0.1, 0.15) is 88.0 Å². The summed E-state index contributed by atoms with van der Waals surface area (Å²) in [6.07, 6.45) is 18.9. The van der Waals surface area contributed by atoms with Gasteiger partial charge in [0, 0.05) is 26.2 Å². The largest absolute Gasteiger partial charge is 0.374 e. The van der Waals surface area contributed by atoms with Crippen molar-refractivity contribution >= 4 is 0 Å². The maximum atomic E-state index is 5.92. The minimum atomic E-state index is -0.263. The average molecular weight is 495 g/mol. The second-order valence-corrected chi connectivity index (χ2v) is 10.1. The molecule has 0 aromatic rings. The molecule has 1 atom stereocenters. The van der Waals surface area contributed by atoms with E-state index in [1.807, 2.05) is 39.8 Å². The quantitative estimate of drug-likeness (QED) is 0.146. The van der Waals surface area contributed by atoms with Crippen molar-refractivity contribution in [3.63, 3.8) is 0 Å². The Hall–Kier alpha value is -2.12. The average Bonchev–Trinajstić information content (AvgIpc) is 2.81. The molecule has 36 heavy (non-hydrogen) atoms. The molecule has 1 aliphatic carbocycles. The zero-order chi connectivity index (χ0) is 27.0. The number of hydrogen-bond acceptors (Lipinski definition) is 3. The van der Waals surface area contributed by atoms with E-state index in [1.54, 1.807) is 0 Å². The summed E-state index contributed by atoms with van der Waals surface area (Å²) >= 11 is 0. The molecule has 1 unspecified atom stereocenters. The first kappa shape index (κ1) is 31.9. The van der Waals surface area contributed by atoms with Crippen LogP contribution >= 0.6 is 0 Å². The van der Waals surface area contributed by atoms with Gasteiger partial charge in [-0.3, -0.25) is 0 Å². The van der Waals surface area contributed by atoms with Crippen molar-refractivity contribution in [2.75, 3.05) is 19.8 Å². The van der Waals surface area contributed by atoms with Crippen LogP contribution < -0.4 is 0 Å². The molecule has 3 heteroatoms. The lowest BCUT2D eigenvalue weighted by molar-refractivity contribution is -0.153. The molecular weight excluding hydrogens is 444 g/mol. The SMILES string of the molecule is CCOC(CC(OCC)/C(C)=C/C#C/C=C(C)/C=C/C=C(C)/C=C/C1=C(C)CCCC1(C)C)OCC. The molecule has 0 saturated carbocycles. The lowest BCUT2D eigenvalue weighted by atomic mass is 9.72. The van der Waals surface area contributed by atoms with Gasteiger partial charge in [0.2, 0.25) is 0 Å². The van der Waals surface area contributed by atoms with Gasteiger partial charge < -0.3 is 14.2 Å². The highest BCUT2D eigenvalue weighted by molar-refractivity contribution is 5.38. The zero-order valence-electron chi connectivity index (χ0n) is 24.4. The Labute approximate surface area is 222 Å². The molecule has 0 aliphatic heterocycles. The highest BCUT2D eigenvalue weighted by atomic mass is 16.7. The van der Waals surface area contributed by atoms with Gasteiger partial charge in [0.15, 0.2) is 6.29 Å². The lowest BCUT2D eigenvalue weighted by Crippen LogP contribution is -2.26. The van der Waals surface area contributed by atoms with Crippen molar-refractivity contribution in [3.8, 4) is 11.8 Å². The normalized spacial score (nSPS) is 18.3. The van der Waals surface area contributed by atoms with Crippen molar-refractivity contribution in [2.24, 2.45) is 5.41 Å². The van der Waals surface area contributed by atoms with Crippen LogP contribution in [0, 0.1) is 17.3 Å². The Balaban J connectivity index is 2.76. The first-order valence-electron chi connectivity index (χ1n) is 13.6. The Kier molecular flexibility index (Phi) is 15.4. The number of hydrogen-bond donors (Lipinski definition) is 0. The van der Waals surface area contributed by atoms with Gasteiger partial charge in [0.1, 0.15) is 0 Å². The number of allylic oxidation sites excluding steroid dienone is 11. The monoisotopic (exact) mass is 494 g/mol. The van der Waals surface area contributed by atoms with Gasteiger partial charge in [-0.1, -0.05) is 67.2 Å². The molecule has 0 aromatic heterocycles. The third kappa shape index (κ3) is 12.2. The van der Waals surface area contributed by atoms with Gasteiger partial charge in [-0.15, -0.1) is 0 Å². The van der Waals surface area contributed by atoms with Crippen molar-refractivity contribution in [2.45, 2.75) is 100 Å². The Morgan fingerprint density at radius 2 is 1.56 bits per heavy atom. The molecule has 1 rings (SSSR count). The van der Waals surface area contributed by atoms with Gasteiger partial charge in [-0.05, 0) is 102 Å². The fourth-order valence-corrected chi connectivity index (χ4v) is 4.40. The molecule has 0 spiro atoms. The van der Waals surface area contributed by atoms with Gasteiger partial charge in [0.05, 0.1) is 6.10 Å². The smallest absolute Gasteiger partial charge is 0.160 e. The van der Waals surface area contributed by atoms with E-state index in [0.717, 1.165) is 11.1 Å². The molecule has 3 nitrogen and oxygen atoms in total. The molecule has 1 aliphatic rings. The van der Waals surface area contributed by atoms with E-state index in [1.165, 1.54) is 36.0 Å². The summed E-state index contributed by atoms with van der Waals surface area (Å²) in [5.41, 5.74) is 6.73. The second-order valence-electron chi connectivity index (χ2n) is 10.1. The summed E-state index contributed by atoms with van der Waals surface area (Å²) in [7, 11) is 0. The Morgan fingerprint density at radius 1 is 0.917 bits per heavy atom. The molecular formula is C33H50O3. The van der Waals surface area contributed by atoms with Crippen LogP contribution in [0.5, 0.6) is 0 Å². The van der Waals surface area contributed by atoms with E-state index in [-0.39, 0.29) is 17.8 Å². The number of ether oxygens (including phenoxy) is 3. The van der Waals surface area contributed by atoms with Crippen molar-refractivity contribution in [1.29, 1.82) is 0 Å². The highest BCUT2D eigenvalue weighted by Gasteiger charge is 2.26. The second kappa shape index (κ2) is 17.4. The molecule has 0 heterocycles. The topological polar surface area (TPSA) is 27.7 Å². The molecule has 200 valence electrons. The van der Waals surface area contributed by atoms with E-state index in [2.05, 4.69) is 76.8 Å². The van der Waals surface area contributed by atoms with E-state index in [4.69, 9.17) is 14.2 Å². The molecule has 0 amide bonds. The van der Waals surface area contributed by atoms with Gasteiger partial charge >= 0.3 is 0 Å². The molecule has 0 N–H and O–H groups in total.